The predicted octanol–water partition coefficient (Wildman–Crippen LogP) is 3.81. The minimum absolute atomic E-state index is 0.0446. The van der Waals surface area contributed by atoms with Gasteiger partial charge >= 0.3 is 12.1 Å². The van der Waals surface area contributed by atoms with Gasteiger partial charge in [0, 0.05) is 5.56 Å². The molecule has 10 heteroatoms. The molecule has 2 N–H and O–H groups in total. The SMILES string of the molecule is O=C(O)CO[C@@H]1[C@@H](NC(=O)OCc2ccccc2)[C@@H](OCc2ccccc2)O[C@@H]2COC(c3ccccc3)O[C@@H]12. The minimum atomic E-state index is -1.16. The third-order valence-corrected chi connectivity index (χ3v) is 6.56. The third kappa shape index (κ3) is 7.23. The fraction of sp³-hybridized carbons (Fsp3) is 0.333. The molecule has 1 unspecified atom stereocenters. The normalized spacial score (nSPS) is 25.9. The number of fused-ring (bicyclic) bond motifs is 1. The van der Waals surface area contributed by atoms with Crippen molar-refractivity contribution >= 4 is 12.1 Å². The molecule has 2 fully saturated rings. The Balaban J connectivity index is 1.37. The van der Waals surface area contributed by atoms with Crippen molar-refractivity contribution in [2.75, 3.05) is 13.2 Å². The van der Waals surface area contributed by atoms with E-state index in [1.807, 2.05) is 91.0 Å². The molecule has 3 aromatic rings. The highest BCUT2D eigenvalue weighted by Crippen LogP contribution is 2.36. The van der Waals surface area contributed by atoms with Gasteiger partial charge < -0.3 is 38.8 Å². The van der Waals surface area contributed by atoms with Crippen molar-refractivity contribution in [1.29, 1.82) is 0 Å². The van der Waals surface area contributed by atoms with Gasteiger partial charge in [0.05, 0.1) is 13.2 Å². The van der Waals surface area contributed by atoms with Gasteiger partial charge in [0.1, 0.15) is 37.6 Å². The first kappa shape index (κ1) is 27.8. The molecular weight excluding hydrogens is 518 g/mol. The maximum atomic E-state index is 13.0. The number of hydrogen-bond acceptors (Lipinski definition) is 8. The molecule has 3 aromatic carbocycles. The molecule has 0 bridgehead atoms. The number of benzene rings is 3. The summed E-state index contributed by atoms with van der Waals surface area (Å²) >= 11 is 0. The van der Waals surface area contributed by atoms with Crippen molar-refractivity contribution in [3.8, 4) is 0 Å². The molecule has 2 saturated heterocycles. The van der Waals surface area contributed by atoms with E-state index in [4.69, 9.17) is 28.4 Å². The van der Waals surface area contributed by atoms with Crippen molar-refractivity contribution in [1.82, 2.24) is 5.32 Å². The second-order valence-corrected chi connectivity index (χ2v) is 9.42. The van der Waals surface area contributed by atoms with E-state index in [1.165, 1.54) is 0 Å². The Bertz CT molecular complexity index is 1230. The Morgan fingerprint density at radius 1 is 0.825 bits per heavy atom. The number of aliphatic carboxylic acids is 1. The topological polar surface area (TPSA) is 122 Å². The van der Waals surface area contributed by atoms with Gasteiger partial charge in [-0.25, -0.2) is 9.59 Å². The number of amides is 1. The summed E-state index contributed by atoms with van der Waals surface area (Å²) in [4.78, 5) is 24.5. The first-order valence-corrected chi connectivity index (χ1v) is 13.0. The van der Waals surface area contributed by atoms with E-state index in [9.17, 15) is 14.7 Å². The maximum Gasteiger partial charge on any atom is 0.407 e. The first-order valence-electron chi connectivity index (χ1n) is 13.0. The van der Waals surface area contributed by atoms with Gasteiger partial charge in [-0.2, -0.15) is 0 Å². The molecule has 0 aromatic heterocycles. The molecule has 2 heterocycles. The van der Waals surface area contributed by atoms with Crippen molar-refractivity contribution in [3.63, 3.8) is 0 Å². The lowest BCUT2D eigenvalue weighted by atomic mass is 9.95. The average molecular weight is 550 g/mol. The fourth-order valence-electron chi connectivity index (χ4n) is 4.67. The number of carboxylic acid groups (broad SMARTS) is 1. The zero-order valence-electron chi connectivity index (χ0n) is 21.7. The van der Waals surface area contributed by atoms with Crippen LogP contribution in [0.25, 0.3) is 0 Å². The lowest BCUT2D eigenvalue weighted by Gasteiger charge is -2.49. The molecule has 40 heavy (non-hydrogen) atoms. The van der Waals surface area contributed by atoms with Crippen LogP contribution in [0.3, 0.4) is 0 Å². The number of carbonyl (C=O) groups is 2. The van der Waals surface area contributed by atoms with Crippen molar-refractivity contribution in [3.05, 3.63) is 108 Å². The van der Waals surface area contributed by atoms with Crippen LogP contribution in [0.5, 0.6) is 0 Å². The summed E-state index contributed by atoms with van der Waals surface area (Å²) in [6, 6.07) is 27.1. The molecule has 0 radical (unpaired) electrons. The summed E-state index contributed by atoms with van der Waals surface area (Å²) in [7, 11) is 0. The Kier molecular flexibility index (Phi) is 9.38. The molecule has 6 atom stereocenters. The number of nitrogens with one attached hydrogen (secondary N) is 1. The van der Waals surface area contributed by atoms with Crippen LogP contribution in [-0.2, 0) is 46.4 Å². The second kappa shape index (κ2) is 13.5. The Morgan fingerprint density at radius 3 is 2.10 bits per heavy atom. The minimum Gasteiger partial charge on any atom is -0.480 e. The molecular formula is C30H31NO9. The molecule has 210 valence electrons. The monoisotopic (exact) mass is 549 g/mol. The highest BCUT2D eigenvalue weighted by molar-refractivity contribution is 5.68. The molecule has 2 aliphatic heterocycles. The number of rotatable bonds is 10. The Labute approximate surface area is 231 Å². The van der Waals surface area contributed by atoms with E-state index in [0.29, 0.717) is 0 Å². The lowest BCUT2D eigenvalue weighted by Crippen LogP contribution is -2.67. The predicted molar refractivity (Wildman–Crippen MR) is 141 cm³/mol. The van der Waals surface area contributed by atoms with Gasteiger partial charge in [0.25, 0.3) is 0 Å². The van der Waals surface area contributed by atoms with Crippen molar-refractivity contribution < 1.29 is 43.1 Å². The highest BCUT2D eigenvalue weighted by Gasteiger charge is 2.52. The van der Waals surface area contributed by atoms with E-state index in [-0.39, 0.29) is 19.8 Å². The standard InChI is InChI=1S/C30H31NO9/c32-24(33)19-35-27-25(31-30(34)38-17-21-12-6-2-7-13-21)29(36-16-20-10-4-1-5-11-20)39-23-18-37-28(40-26(23)27)22-14-8-3-9-15-22/h1-15,23,25-29H,16-19H2,(H,31,34)(H,32,33)/t23-,25-,26-,27-,28?,29+/m1/s1. The number of ether oxygens (including phenoxy) is 6. The summed E-state index contributed by atoms with van der Waals surface area (Å²) in [5, 5.41) is 12.2. The van der Waals surface area contributed by atoms with Crippen LogP contribution >= 0.6 is 0 Å². The summed E-state index contributed by atoms with van der Waals surface area (Å²) in [5.41, 5.74) is 2.49. The van der Waals surface area contributed by atoms with Crippen molar-refractivity contribution in [2.24, 2.45) is 0 Å². The second-order valence-electron chi connectivity index (χ2n) is 9.42. The van der Waals surface area contributed by atoms with Gasteiger partial charge in [-0.1, -0.05) is 91.0 Å². The van der Waals surface area contributed by atoms with Crippen LogP contribution in [0.2, 0.25) is 0 Å². The maximum absolute atomic E-state index is 13.0. The van der Waals surface area contributed by atoms with Crippen LogP contribution in [0.15, 0.2) is 91.0 Å². The lowest BCUT2D eigenvalue weighted by molar-refractivity contribution is -0.349. The van der Waals surface area contributed by atoms with Crippen LogP contribution < -0.4 is 5.32 Å². The van der Waals surface area contributed by atoms with Gasteiger partial charge in [0.2, 0.25) is 0 Å². The molecule has 5 rings (SSSR count). The molecule has 0 saturated carbocycles. The smallest absolute Gasteiger partial charge is 0.407 e. The number of carboxylic acids is 1. The Hall–Kier alpha value is -3.80. The first-order chi connectivity index (χ1) is 19.6. The highest BCUT2D eigenvalue weighted by atomic mass is 16.8. The Morgan fingerprint density at radius 2 is 1.45 bits per heavy atom. The summed E-state index contributed by atoms with van der Waals surface area (Å²) < 4.78 is 35.8. The van der Waals surface area contributed by atoms with E-state index in [1.54, 1.807) is 0 Å². The van der Waals surface area contributed by atoms with Crippen LogP contribution in [-0.4, -0.2) is 61.0 Å². The van der Waals surface area contributed by atoms with Gasteiger partial charge in [-0.3, -0.25) is 0 Å². The quantitative estimate of drug-likeness (QED) is 0.389. The fourth-order valence-corrected chi connectivity index (χ4v) is 4.67. The summed E-state index contributed by atoms with van der Waals surface area (Å²) in [5.74, 6) is -1.16. The molecule has 0 spiro atoms. The van der Waals surface area contributed by atoms with Gasteiger partial charge in [0.15, 0.2) is 12.6 Å². The number of hydrogen-bond donors (Lipinski definition) is 2. The molecule has 10 nitrogen and oxygen atoms in total. The van der Waals surface area contributed by atoms with Crippen LogP contribution in [0, 0.1) is 0 Å². The molecule has 0 aliphatic carbocycles. The number of carbonyl (C=O) groups excluding carboxylic acids is 1. The molecule has 1 amide bonds. The largest absolute Gasteiger partial charge is 0.480 e. The van der Waals surface area contributed by atoms with Crippen LogP contribution in [0.1, 0.15) is 23.0 Å². The zero-order valence-corrected chi connectivity index (χ0v) is 21.7. The van der Waals surface area contributed by atoms with Crippen LogP contribution in [0.4, 0.5) is 4.79 Å². The van der Waals surface area contributed by atoms with E-state index in [0.717, 1.165) is 16.7 Å². The van der Waals surface area contributed by atoms with Crippen molar-refractivity contribution in [2.45, 2.75) is 50.1 Å². The summed E-state index contributed by atoms with van der Waals surface area (Å²) in [6.07, 6.45) is -4.83. The van der Waals surface area contributed by atoms with Gasteiger partial charge in [-0.05, 0) is 11.1 Å². The molecule has 2 aliphatic rings. The van der Waals surface area contributed by atoms with E-state index in [2.05, 4.69) is 5.32 Å². The van der Waals surface area contributed by atoms with E-state index >= 15 is 0 Å². The third-order valence-electron chi connectivity index (χ3n) is 6.56. The summed E-state index contributed by atoms with van der Waals surface area (Å²) in [6.45, 7) is -0.243. The zero-order chi connectivity index (χ0) is 27.7. The van der Waals surface area contributed by atoms with E-state index < -0.39 is 55.6 Å². The van der Waals surface area contributed by atoms with Gasteiger partial charge in [-0.15, -0.1) is 0 Å². The number of alkyl carbamates (subject to hydrolysis) is 1. The average Bonchev–Trinajstić information content (AvgIpc) is 2.99.